The van der Waals surface area contributed by atoms with Crippen LogP contribution < -0.4 is 10.6 Å². The largest absolute Gasteiger partial charge is 0.357 e. The Balaban J connectivity index is 1.60. The Morgan fingerprint density at radius 1 is 1.38 bits per heavy atom. The molecule has 3 rings (SSSR count). The summed E-state index contributed by atoms with van der Waals surface area (Å²) in [6.07, 6.45) is 2.91. The molecule has 2 unspecified atom stereocenters. The Kier molecular flexibility index (Phi) is 5.38. The molecule has 5 heteroatoms. The van der Waals surface area contributed by atoms with E-state index in [1.165, 1.54) is 17.5 Å². The molecule has 2 N–H and O–H groups in total. The molecule has 2 atom stereocenters. The van der Waals surface area contributed by atoms with E-state index >= 15 is 0 Å². The van der Waals surface area contributed by atoms with E-state index in [0.29, 0.717) is 25.6 Å². The molecule has 5 nitrogen and oxygen atoms in total. The molecule has 0 bridgehead atoms. The van der Waals surface area contributed by atoms with Crippen molar-refractivity contribution in [1.29, 1.82) is 0 Å². The van der Waals surface area contributed by atoms with Crippen molar-refractivity contribution >= 4 is 11.9 Å². The summed E-state index contributed by atoms with van der Waals surface area (Å²) in [6, 6.07) is 8.98. The Morgan fingerprint density at radius 3 is 2.83 bits per heavy atom. The predicted octanol–water partition coefficient (Wildman–Crippen LogP) is 2.27. The van der Waals surface area contributed by atoms with Crippen molar-refractivity contribution in [2.24, 2.45) is 10.9 Å². The third-order valence-corrected chi connectivity index (χ3v) is 4.73. The molecule has 1 amide bonds. The van der Waals surface area contributed by atoms with Gasteiger partial charge in [0.15, 0.2) is 5.96 Å². The van der Waals surface area contributed by atoms with Crippen LogP contribution in [0.1, 0.15) is 44.2 Å². The van der Waals surface area contributed by atoms with Gasteiger partial charge in [0.1, 0.15) is 0 Å². The Hall–Kier alpha value is -2.04. The van der Waals surface area contributed by atoms with Crippen molar-refractivity contribution < 1.29 is 4.79 Å². The van der Waals surface area contributed by atoms with Crippen LogP contribution in [-0.4, -0.2) is 35.9 Å². The third-order valence-electron chi connectivity index (χ3n) is 4.73. The number of hydrogen-bond donors (Lipinski definition) is 2. The minimum atomic E-state index is 0.274. The fraction of sp³-hybridized carbons (Fsp3) is 0.579. The minimum absolute atomic E-state index is 0.274. The van der Waals surface area contributed by atoms with Crippen LogP contribution in [-0.2, 0) is 17.9 Å². The van der Waals surface area contributed by atoms with Crippen LogP contribution in [0.5, 0.6) is 0 Å². The van der Waals surface area contributed by atoms with E-state index in [9.17, 15) is 4.79 Å². The Bertz CT molecular complexity index is 613. The zero-order chi connectivity index (χ0) is 16.9. The standard InChI is InChI=1S/C19H28N4O/c1-3-20-19(22-17-10-14(17)2)21-12-15-6-4-7-16(11-15)13-23-9-5-8-18(23)24/h4,6-7,11,14,17H,3,5,8-10,12-13H2,1-2H3,(H2,20,21,22). The highest BCUT2D eigenvalue weighted by atomic mass is 16.2. The maximum Gasteiger partial charge on any atom is 0.222 e. The first kappa shape index (κ1) is 16.8. The summed E-state index contributed by atoms with van der Waals surface area (Å²) in [5.74, 6) is 1.91. The first-order chi connectivity index (χ1) is 11.7. The summed E-state index contributed by atoms with van der Waals surface area (Å²) in [6.45, 7) is 7.46. The molecule has 1 aromatic carbocycles. The van der Waals surface area contributed by atoms with Crippen LogP contribution in [0.15, 0.2) is 29.3 Å². The van der Waals surface area contributed by atoms with E-state index in [1.807, 2.05) is 4.90 Å². The van der Waals surface area contributed by atoms with Gasteiger partial charge >= 0.3 is 0 Å². The normalized spacial score (nSPS) is 23.5. The predicted molar refractivity (Wildman–Crippen MR) is 96.6 cm³/mol. The molecule has 0 aromatic heterocycles. The molecule has 1 aliphatic carbocycles. The van der Waals surface area contributed by atoms with Crippen LogP contribution >= 0.6 is 0 Å². The molecule has 1 aromatic rings. The van der Waals surface area contributed by atoms with Crippen LogP contribution in [0.2, 0.25) is 0 Å². The second-order valence-electron chi connectivity index (χ2n) is 6.90. The summed E-state index contributed by atoms with van der Waals surface area (Å²) in [7, 11) is 0. The number of hydrogen-bond acceptors (Lipinski definition) is 2. The summed E-state index contributed by atoms with van der Waals surface area (Å²) < 4.78 is 0. The summed E-state index contributed by atoms with van der Waals surface area (Å²) in [5, 5.41) is 6.79. The summed E-state index contributed by atoms with van der Waals surface area (Å²) in [4.78, 5) is 18.4. The van der Waals surface area contributed by atoms with E-state index in [0.717, 1.165) is 31.4 Å². The van der Waals surface area contributed by atoms with E-state index in [4.69, 9.17) is 4.99 Å². The molecule has 24 heavy (non-hydrogen) atoms. The maximum absolute atomic E-state index is 11.8. The van der Waals surface area contributed by atoms with Crippen LogP contribution in [0.25, 0.3) is 0 Å². The van der Waals surface area contributed by atoms with Gasteiger partial charge in [-0.05, 0) is 36.8 Å². The second-order valence-corrected chi connectivity index (χ2v) is 6.90. The maximum atomic E-state index is 11.8. The molecule has 0 spiro atoms. The van der Waals surface area contributed by atoms with Crippen molar-refractivity contribution in [1.82, 2.24) is 15.5 Å². The van der Waals surface area contributed by atoms with Gasteiger partial charge in [0.05, 0.1) is 6.54 Å². The molecule has 0 radical (unpaired) electrons. The highest BCUT2D eigenvalue weighted by Crippen LogP contribution is 2.28. The molecule has 2 fully saturated rings. The Labute approximate surface area is 144 Å². The van der Waals surface area contributed by atoms with E-state index in [-0.39, 0.29) is 5.91 Å². The van der Waals surface area contributed by atoms with Crippen molar-refractivity contribution in [3.63, 3.8) is 0 Å². The van der Waals surface area contributed by atoms with Gasteiger partial charge < -0.3 is 15.5 Å². The Morgan fingerprint density at radius 2 is 2.17 bits per heavy atom. The van der Waals surface area contributed by atoms with Gasteiger partial charge in [0.2, 0.25) is 5.91 Å². The summed E-state index contributed by atoms with van der Waals surface area (Å²) >= 11 is 0. The molecular weight excluding hydrogens is 300 g/mol. The van der Waals surface area contributed by atoms with E-state index in [1.54, 1.807) is 0 Å². The lowest BCUT2D eigenvalue weighted by Gasteiger charge is -2.16. The number of rotatable bonds is 6. The number of guanidine groups is 1. The number of nitrogens with one attached hydrogen (secondary N) is 2. The number of amides is 1. The highest BCUT2D eigenvalue weighted by Gasteiger charge is 2.33. The van der Waals surface area contributed by atoms with Gasteiger partial charge in [-0.3, -0.25) is 4.79 Å². The van der Waals surface area contributed by atoms with Gasteiger partial charge in [0, 0.05) is 32.1 Å². The average molecular weight is 328 g/mol. The number of carbonyl (C=O) groups is 1. The lowest BCUT2D eigenvalue weighted by Crippen LogP contribution is -2.39. The van der Waals surface area contributed by atoms with Crippen molar-refractivity contribution in [3.8, 4) is 0 Å². The third kappa shape index (κ3) is 4.49. The van der Waals surface area contributed by atoms with Gasteiger partial charge in [-0.25, -0.2) is 4.99 Å². The zero-order valence-corrected chi connectivity index (χ0v) is 14.7. The minimum Gasteiger partial charge on any atom is -0.357 e. The lowest BCUT2D eigenvalue weighted by molar-refractivity contribution is -0.128. The molecule has 1 saturated heterocycles. The topological polar surface area (TPSA) is 56.7 Å². The lowest BCUT2D eigenvalue weighted by atomic mass is 10.1. The van der Waals surface area contributed by atoms with Crippen molar-refractivity contribution in [2.45, 2.75) is 52.2 Å². The summed E-state index contributed by atoms with van der Waals surface area (Å²) in [5.41, 5.74) is 2.37. The van der Waals surface area contributed by atoms with E-state index < -0.39 is 0 Å². The van der Waals surface area contributed by atoms with Crippen molar-refractivity contribution in [2.75, 3.05) is 13.1 Å². The molecule has 1 saturated carbocycles. The second kappa shape index (κ2) is 7.69. The fourth-order valence-corrected chi connectivity index (χ4v) is 3.11. The first-order valence-corrected chi connectivity index (χ1v) is 9.06. The first-order valence-electron chi connectivity index (χ1n) is 9.06. The quantitative estimate of drug-likeness (QED) is 0.622. The molecule has 1 heterocycles. The zero-order valence-electron chi connectivity index (χ0n) is 14.7. The highest BCUT2D eigenvalue weighted by molar-refractivity contribution is 5.80. The van der Waals surface area contributed by atoms with Gasteiger partial charge in [0.25, 0.3) is 0 Å². The number of aliphatic imine (C=N–C) groups is 1. The SMILES string of the molecule is CCNC(=NCc1cccc(CN2CCCC2=O)c1)NC1CC1C. The van der Waals surface area contributed by atoms with Crippen molar-refractivity contribution in [3.05, 3.63) is 35.4 Å². The number of likely N-dealkylation sites (tertiary alicyclic amines) is 1. The molecule has 1 aliphatic heterocycles. The molecule has 2 aliphatic rings. The van der Waals surface area contributed by atoms with Crippen LogP contribution in [0.4, 0.5) is 0 Å². The number of benzene rings is 1. The van der Waals surface area contributed by atoms with Gasteiger partial charge in [-0.1, -0.05) is 31.2 Å². The smallest absolute Gasteiger partial charge is 0.222 e. The number of carbonyl (C=O) groups excluding carboxylic acids is 1. The molecule has 130 valence electrons. The van der Waals surface area contributed by atoms with Crippen LogP contribution in [0, 0.1) is 5.92 Å². The number of nitrogens with zero attached hydrogens (tertiary/aromatic N) is 2. The monoisotopic (exact) mass is 328 g/mol. The fourth-order valence-electron chi connectivity index (χ4n) is 3.11. The van der Waals surface area contributed by atoms with Gasteiger partial charge in [-0.2, -0.15) is 0 Å². The van der Waals surface area contributed by atoms with Crippen LogP contribution in [0.3, 0.4) is 0 Å². The molecular formula is C19H28N4O. The van der Waals surface area contributed by atoms with Gasteiger partial charge in [-0.15, -0.1) is 0 Å². The van der Waals surface area contributed by atoms with E-state index in [2.05, 4.69) is 48.7 Å². The average Bonchev–Trinajstić information content (AvgIpc) is 3.11.